The Hall–Kier alpha value is 0. The van der Waals surface area contributed by atoms with Crippen LogP contribution in [-0.2, 0) is 0 Å². The van der Waals surface area contributed by atoms with Crippen LogP contribution in [0.2, 0.25) is 0 Å². The van der Waals surface area contributed by atoms with E-state index in [2.05, 4.69) is 20.8 Å². The molecule has 3 aliphatic rings. The minimum absolute atomic E-state index is 0.618. The van der Waals surface area contributed by atoms with E-state index in [-0.39, 0.29) is 0 Å². The van der Waals surface area contributed by atoms with Crippen LogP contribution in [0.1, 0.15) is 59.3 Å². The third-order valence-corrected chi connectivity index (χ3v) is 6.34. The van der Waals surface area contributed by atoms with E-state index in [1.807, 2.05) is 0 Å². The summed E-state index contributed by atoms with van der Waals surface area (Å²) in [6.45, 7) is 7.42. The van der Waals surface area contributed by atoms with Crippen LogP contribution in [0.4, 0.5) is 0 Å². The van der Waals surface area contributed by atoms with Crippen molar-refractivity contribution in [1.82, 2.24) is 0 Å². The highest BCUT2D eigenvalue weighted by atomic mass is 14.6. The van der Waals surface area contributed by atoms with Gasteiger partial charge in [0.15, 0.2) is 0 Å². The van der Waals surface area contributed by atoms with Gasteiger partial charge in [0.25, 0.3) is 0 Å². The first-order chi connectivity index (χ1) is 7.13. The molecule has 0 aromatic carbocycles. The Labute approximate surface area is 94.8 Å². The normalized spacial score (nSPS) is 48.6. The highest BCUT2D eigenvalue weighted by Gasteiger charge is 2.56. The molecule has 15 heavy (non-hydrogen) atoms. The molecule has 0 aliphatic heterocycles. The molecule has 86 valence electrons. The van der Waals surface area contributed by atoms with Crippen LogP contribution in [0.15, 0.2) is 0 Å². The highest BCUT2D eigenvalue weighted by molar-refractivity contribution is 5.05. The van der Waals surface area contributed by atoms with Gasteiger partial charge in [-0.25, -0.2) is 0 Å². The SMILES string of the molecule is CCC(C)(C)C1CC2CC1C1CCCC21. The Balaban J connectivity index is 1.81. The van der Waals surface area contributed by atoms with E-state index in [1.165, 1.54) is 12.3 Å². The molecule has 0 radical (unpaired) electrons. The van der Waals surface area contributed by atoms with Crippen molar-refractivity contribution in [2.24, 2.45) is 35.0 Å². The Morgan fingerprint density at radius 3 is 2.47 bits per heavy atom. The Bertz CT molecular complexity index is 253. The first-order valence-corrected chi connectivity index (χ1v) is 7.13. The summed E-state index contributed by atoms with van der Waals surface area (Å²) in [5.41, 5.74) is 0.618. The van der Waals surface area contributed by atoms with Gasteiger partial charge in [-0.05, 0) is 60.7 Å². The largest absolute Gasteiger partial charge is 0.0649 e. The maximum absolute atomic E-state index is 2.52. The van der Waals surface area contributed by atoms with Crippen molar-refractivity contribution in [3.05, 3.63) is 0 Å². The van der Waals surface area contributed by atoms with Gasteiger partial charge in [0, 0.05) is 0 Å². The summed E-state index contributed by atoms with van der Waals surface area (Å²) >= 11 is 0. The second kappa shape index (κ2) is 3.25. The lowest BCUT2D eigenvalue weighted by Crippen LogP contribution is -2.34. The maximum Gasteiger partial charge on any atom is -0.0326 e. The van der Waals surface area contributed by atoms with Gasteiger partial charge in [0.2, 0.25) is 0 Å². The summed E-state index contributed by atoms with van der Waals surface area (Å²) in [6, 6.07) is 0. The van der Waals surface area contributed by atoms with Gasteiger partial charge in [0.1, 0.15) is 0 Å². The van der Waals surface area contributed by atoms with Gasteiger partial charge >= 0.3 is 0 Å². The summed E-state index contributed by atoms with van der Waals surface area (Å²) in [7, 11) is 0. The van der Waals surface area contributed by atoms with E-state index < -0.39 is 0 Å². The third-order valence-electron chi connectivity index (χ3n) is 6.34. The second-order valence-electron chi connectivity index (χ2n) is 7.10. The number of hydrogen-bond acceptors (Lipinski definition) is 0. The minimum atomic E-state index is 0.618. The fraction of sp³-hybridized carbons (Fsp3) is 1.00. The van der Waals surface area contributed by atoms with E-state index in [9.17, 15) is 0 Å². The first-order valence-electron chi connectivity index (χ1n) is 7.13. The van der Waals surface area contributed by atoms with Gasteiger partial charge in [-0.1, -0.05) is 33.6 Å². The summed E-state index contributed by atoms with van der Waals surface area (Å²) in [5, 5.41) is 0. The molecule has 3 rings (SSSR count). The van der Waals surface area contributed by atoms with Crippen LogP contribution in [-0.4, -0.2) is 0 Å². The van der Waals surface area contributed by atoms with E-state index >= 15 is 0 Å². The predicted octanol–water partition coefficient (Wildman–Crippen LogP) is 4.49. The summed E-state index contributed by atoms with van der Waals surface area (Å²) in [4.78, 5) is 0. The summed E-state index contributed by atoms with van der Waals surface area (Å²) < 4.78 is 0. The fourth-order valence-corrected chi connectivity index (χ4v) is 5.23. The molecule has 0 N–H and O–H groups in total. The lowest BCUT2D eigenvalue weighted by atomic mass is 9.64. The predicted molar refractivity (Wildman–Crippen MR) is 64.6 cm³/mol. The van der Waals surface area contributed by atoms with Gasteiger partial charge in [-0.3, -0.25) is 0 Å². The average Bonchev–Trinajstić information content (AvgIpc) is 2.89. The number of hydrogen-bond donors (Lipinski definition) is 0. The molecule has 5 atom stereocenters. The number of fused-ring (bicyclic) bond motifs is 5. The minimum Gasteiger partial charge on any atom is -0.0649 e. The monoisotopic (exact) mass is 206 g/mol. The summed E-state index contributed by atoms with van der Waals surface area (Å²) in [5.74, 6) is 5.64. The molecule has 2 bridgehead atoms. The van der Waals surface area contributed by atoms with Crippen molar-refractivity contribution in [1.29, 1.82) is 0 Å². The van der Waals surface area contributed by atoms with Crippen LogP contribution in [0, 0.1) is 35.0 Å². The van der Waals surface area contributed by atoms with Crippen molar-refractivity contribution in [3.63, 3.8) is 0 Å². The topological polar surface area (TPSA) is 0 Å². The molecular formula is C15H26. The van der Waals surface area contributed by atoms with Crippen molar-refractivity contribution in [3.8, 4) is 0 Å². The van der Waals surface area contributed by atoms with E-state index in [0.29, 0.717) is 5.41 Å². The number of rotatable bonds is 2. The zero-order valence-electron chi connectivity index (χ0n) is 10.6. The summed E-state index contributed by atoms with van der Waals surface area (Å²) in [6.07, 6.45) is 9.24. The fourth-order valence-electron chi connectivity index (χ4n) is 5.23. The van der Waals surface area contributed by atoms with Crippen LogP contribution >= 0.6 is 0 Å². The molecule has 0 heterocycles. The van der Waals surface area contributed by atoms with Crippen molar-refractivity contribution >= 4 is 0 Å². The Morgan fingerprint density at radius 2 is 1.73 bits per heavy atom. The standard InChI is InChI=1S/C15H26/c1-4-15(2,3)14-9-10-8-13(14)12-7-5-6-11(10)12/h10-14H,4-9H2,1-3H3. The Kier molecular flexibility index (Phi) is 2.20. The molecule has 0 aromatic heterocycles. The molecule has 0 nitrogen and oxygen atoms in total. The first kappa shape index (κ1) is 10.2. The Morgan fingerprint density at radius 1 is 1.00 bits per heavy atom. The van der Waals surface area contributed by atoms with Crippen LogP contribution in [0.25, 0.3) is 0 Å². The van der Waals surface area contributed by atoms with Gasteiger partial charge in [-0.2, -0.15) is 0 Å². The zero-order valence-corrected chi connectivity index (χ0v) is 10.6. The zero-order chi connectivity index (χ0) is 10.6. The molecule has 3 saturated carbocycles. The van der Waals surface area contributed by atoms with Gasteiger partial charge in [0.05, 0.1) is 0 Å². The van der Waals surface area contributed by atoms with E-state index in [1.54, 1.807) is 32.1 Å². The van der Waals surface area contributed by atoms with Crippen molar-refractivity contribution in [2.45, 2.75) is 59.3 Å². The van der Waals surface area contributed by atoms with Gasteiger partial charge < -0.3 is 0 Å². The molecular weight excluding hydrogens is 180 g/mol. The molecule has 3 fully saturated rings. The second-order valence-corrected chi connectivity index (χ2v) is 7.10. The molecule has 5 unspecified atom stereocenters. The van der Waals surface area contributed by atoms with Crippen molar-refractivity contribution < 1.29 is 0 Å². The lowest BCUT2D eigenvalue weighted by Gasteiger charge is -2.41. The molecule has 0 spiro atoms. The van der Waals surface area contributed by atoms with E-state index in [4.69, 9.17) is 0 Å². The van der Waals surface area contributed by atoms with Crippen LogP contribution < -0.4 is 0 Å². The van der Waals surface area contributed by atoms with Crippen LogP contribution in [0.3, 0.4) is 0 Å². The quantitative estimate of drug-likeness (QED) is 0.624. The lowest BCUT2D eigenvalue weighted by molar-refractivity contribution is 0.0799. The maximum atomic E-state index is 2.52. The van der Waals surface area contributed by atoms with Crippen molar-refractivity contribution in [2.75, 3.05) is 0 Å². The van der Waals surface area contributed by atoms with Gasteiger partial charge in [-0.15, -0.1) is 0 Å². The average molecular weight is 206 g/mol. The third kappa shape index (κ3) is 1.33. The van der Waals surface area contributed by atoms with Crippen LogP contribution in [0.5, 0.6) is 0 Å². The molecule has 0 aromatic rings. The van der Waals surface area contributed by atoms with E-state index in [0.717, 1.165) is 23.7 Å². The molecule has 0 amide bonds. The smallest absolute Gasteiger partial charge is 0.0326 e. The molecule has 3 aliphatic carbocycles. The highest BCUT2D eigenvalue weighted by Crippen LogP contribution is 2.64. The molecule has 0 saturated heterocycles. The molecule has 0 heteroatoms.